The number of amides is 2. The Hall–Kier alpha value is -3.09. The van der Waals surface area contributed by atoms with Crippen molar-refractivity contribution in [1.82, 2.24) is 19.8 Å². The number of nitrogens with one attached hydrogen (secondary N) is 2. The van der Waals surface area contributed by atoms with Gasteiger partial charge in [0, 0.05) is 13.0 Å². The van der Waals surface area contributed by atoms with Crippen molar-refractivity contribution in [3.63, 3.8) is 0 Å². The van der Waals surface area contributed by atoms with Crippen LogP contribution in [-0.2, 0) is 34.9 Å². The van der Waals surface area contributed by atoms with Gasteiger partial charge >= 0.3 is 6.18 Å². The molecule has 2 aliphatic carbocycles. The SMILES string of the molecule is CS(=O)(=O)NC(=O)c1c2c(nn1CCC1CC1)C[C@]1(CCc3cc(OCC(F)(F)F)ccc31)NC2=O. The molecule has 2 aromatic rings. The highest BCUT2D eigenvalue weighted by Gasteiger charge is 2.47. The molecule has 5 rings (SSSR count). The zero-order valence-electron chi connectivity index (χ0n) is 19.4. The lowest BCUT2D eigenvalue weighted by atomic mass is 9.82. The summed E-state index contributed by atoms with van der Waals surface area (Å²) in [5, 5.41) is 7.55. The van der Waals surface area contributed by atoms with E-state index < -0.39 is 40.2 Å². The molecule has 2 heterocycles. The van der Waals surface area contributed by atoms with Crippen LogP contribution in [0.2, 0.25) is 0 Å². The molecule has 1 spiro atoms. The van der Waals surface area contributed by atoms with Crippen LogP contribution < -0.4 is 14.8 Å². The van der Waals surface area contributed by atoms with Gasteiger partial charge in [-0.05, 0) is 48.4 Å². The standard InChI is InChI=1S/C23H25F3N4O5S/c1-36(33,34)29-21(32)19-18-17(28-30(19)9-7-13-2-3-13)11-22(27-20(18)31)8-6-14-10-15(4-5-16(14)22)35-12-23(24,25)26/h4-5,10,13H,2-3,6-9,11-12H2,1H3,(H,27,31)(H,29,32)/t22-/m0/s1. The predicted molar refractivity (Wildman–Crippen MR) is 121 cm³/mol. The Balaban J connectivity index is 1.47. The number of fused-ring (bicyclic) bond motifs is 3. The van der Waals surface area contributed by atoms with E-state index in [0.29, 0.717) is 31.0 Å². The summed E-state index contributed by atoms with van der Waals surface area (Å²) in [5.41, 5.74) is 1.05. The first-order valence-corrected chi connectivity index (χ1v) is 13.5. The third-order valence-electron chi connectivity index (χ3n) is 6.83. The van der Waals surface area contributed by atoms with Crippen LogP contribution in [0.5, 0.6) is 5.75 Å². The summed E-state index contributed by atoms with van der Waals surface area (Å²) in [4.78, 5) is 26.2. The lowest BCUT2D eigenvalue weighted by Crippen LogP contribution is -2.50. The normalized spacial score (nSPS) is 21.2. The van der Waals surface area contributed by atoms with Crippen LogP contribution in [0.15, 0.2) is 18.2 Å². The van der Waals surface area contributed by atoms with Crippen LogP contribution in [0, 0.1) is 5.92 Å². The molecule has 13 heteroatoms. The second-order valence-electron chi connectivity index (χ2n) is 9.76. The largest absolute Gasteiger partial charge is 0.484 e. The van der Waals surface area contributed by atoms with E-state index in [1.807, 2.05) is 4.72 Å². The third-order valence-corrected chi connectivity index (χ3v) is 7.39. The van der Waals surface area contributed by atoms with Crippen LogP contribution in [0.4, 0.5) is 13.2 Å². The van der Waals surface area contributed by atoms with Crippen LogP contribution >= 0.6 is 0 Å². The summed E-state index contributed by atoms with van der Waals surface area (Å²) in [7, 11) is -3.86. The summed E-state index contributed by atoms with van der Waals surface area (Å²) in [6.45, 7) is -1.02. The maximum absolute atomic E-state index is 13.3. The minimum Gasteiger partial charge on any atom is -0.484 e. The smallest absolute Gasteiger partial charge is 0.422 e. The molecule has 1 fully saturated rings. The van der Waals surface area contributed by atoms with Crippen LogP contribution in [-0.4, -0.2) is 49.1 Å². The molecule has 2 amide bonds. The topological polar surface area (TPSA) is 119 Å². The second-order valence-corrected chi connectivity index (χ2v) is 11.5. The van der Waals surface area contributed by atoms with Gasteiger partial charge in [-0.3, -0.25) is 14.3 Å². The van der Waals surface area contributed by atoms with E-state index >= 15 is 0 Å². The van der Waals surface area contributed by atoms with Gasteiger partial charge in [-0.2, -0.15) is 18.3 Å². The second kappa shape index (κ2) is 8.49. The van der Waals surface area contributed by atoms with E-state index in [1.54, 1.807) is 12.1 Å². The molecule has 3 aliphatic rings. The van der Waals surface area contributed by atoms with Gasteiger partial charge in [-0.15, -0.1) is 0 Å². The minimum absolute atomic E-state index is 0.0520. The lowest BCUT2D eigenvalue weighted by molar-refractivity contribution is -0.153. The van der Waals surface area contributed by atoms with E-state index in [-0.39, 0.29) is 23.4 Å². The monoisotopic (exact) mass is 526 g/mol. The van der Waals surface area contributed by atoms with Crippen LogP contribution in [0.3, 0.4) is 0 Å². The van der Waals surface area contributed by atoms with Gasteiger partial charge in [0.1, 0.15) is 11.4 Å². The predicted octanol–water partition coefficient (Wildman–Crippen LogP) is 2.44. The van der Waals surface area contributed by atoms with E-state index in [2.05, 4.69) is 10.4 Å². The molecule has 0 radical (unpaired) electrons. The maximum Gasteiger partial charge on any atom is 0.422 e. The van der Waals surface area contributed by atoms with Gasteiger partial charge in [0.25, 0.3) is 11.8 Å². The number of halogens is 3. The number of carbonyl (C=O) groups excluding carboxylic acids is 2. The van der Waals surface area contributed by atoms with Crippen LogP contribution in [0.25, 0.3) is 0 Å². The molecule has 1 atom stereocenters. The fraction of sp³-hybridized carbons (Fsp3) is 0.522. The summed E-state index contributed by atoms with van der Waals surface area (Å²) in [5.74, 6) is -0.841. The molecule has 1 aromatic heterocycles. The molecule has 0 saturated heterocycles. The van der Waals surface area contributed by atoms with Gasteiger partial charge in [-0.1, -0.05) is 18.9 Å². The van der Waals surface area contributed by atoms with Crippen molar-refractivity contribution in [1.29, 1.82) is 0 Å². The quantitative estimate of drug-likeness (QED) is 0.572. The summed E-state index contributed by atoms with van der Waals surface area (Å²) in [6, 6.07) is 4.65. The average Bonchev–Trinajstić information content (AvgIpc) is 3.43. The van der Waals surface area contributed by atoms with Gasteiger partial charge in [0.2, 0.25) is 10.0 Å². The van der Waals surface area contributed by atoms with Crippen molar-refractivity contribution < 1.29 is 35.9 Å². The molecule has 1 aliphatic heterocycles. The van der Waals surface area contributed by atoms with Gasteiger partial charge in [0.05, 0.1) is 23.1 Å². The third kappa shape index (κ3) is 4.93. The number of alkyl halides is 3. The molecule has 0 unspecified atom stereocenters. The highest BCUT2D eigenvalue weighted by atomic mass is 32.2. The lowest BCUT2D eigenvalue weighted by Gasteiger charge is -2.35. The number of aromatic nitrogens is 2. The zero-order valence-corrected chi connectivity index (χ0v) is 20.3. The summed E-state index contributed by atoms with van der Waals surface area (Å²) >= 11 is 0. The number of aryl methyl sites for hydroxylation is 2. The van der Waals surface area contributed by atoms with Crippen LogP contribution in [0.1, 0.15) is 63.4 Å². The first kappa shape index (κ1) is 24.6. The number of benzene rings is 1. The molecule has 9 nitrogen and oxygen atoms in total. The highest BCUT2D eigenvalue weighted by Crippen LogP contribution is 2.44. The van der Waals surface area contributed by atoms with Crippen molar-refractivity contribution >= 4 is 21.8 Å². The Labute approximate surface area is 205 Å². The maximum atomic E-state index is 13.3. The molecule has 36 heavy (non-hydrogen) atoms. The van der Waals surface area contributed by atoms with E-state index in [9.17, 15) is 31.2 Å². The highest BCUT2D eigenvalue weighted by molar-refractivity contribution is 7.89. The number of nitrogens with zero attached hydrogens (tertiary/aromatic N) is 2. The molecule has 2 N–H and O–H groups in total. The molecular weight excluding hydrogens is 501 g/mol. The number of sulfonamides is 1. The van der Waals surface area contributed by atoms with Crippen molar-refractivity contribution in [2.75, 3.05) is 12.9 Å². The molecule has 194 valence electrons. The van der Waals surface area contributed by atoms with Crippen molar-refractivity contribution in [2.45, 2.75) is 56.8 Å². The average molecular weight is 527 g/mol. The molecular formula is C23H25F3N4O5S. The molecule has 1 aromatic carbocycles. The molecule has 0 bridgehead atoms. The van der Waals surface area contributed by atoms with Crippen molar-refractivity contribution in [2.24, 2.45) is 5.92 Å². The Morgan fingerprint density at radius 1 is 1.33 bits per heavy atom. The Bertz CT molecular complexity index is 1350. The fourth-order valence-corrected chi connectivity index (χ4v) is 5.53. The van der Waals surface area contributed by atoms with Gasteiger partial charge in [0.15, 0.2) is 6.61 Å². The number of hydrogen-bond acceptors (Lipinski definition) is 6. The molecule has 1 saturated carbocycles. The van der Waals surface area contributed by atoms with Crippen molar-refractivity contribution in [3.8, 4) is 5.75 Å². The number of carbonyl (C=O) groups is 2. The number of hydrogen-bond donors (Lipinski definition) is 2. The van der Waals surface area contributed by atoms with Crippen molar-refractivity contribution in [3.05, 3.63) is 46.3 Å². The first-order valence-electron chi connectivity index (χ1n) is 11.6. The zero-order chi connectivity index (χ0) is 25.9. The van der Waals surface area contributed by atoms with Gasteiger partial charge in [-0.25, -0.2) is 13.1 Å². The Morgan fingerprint density at radius 3 is 2.75 bits per heavy atom. The summed E-state index contributed by atoms with van der Waals surface area (Å²) < 4.78 is 69.2. The Kier molecular flexibility index (Phi) is 5.80. The van der Waals surface area contributed by atoms with E-state index in [4.69, 9.17) is 4.74 Å². The summed E-state index contributed by atoms with van der Waals surface area (Å²) in [6.07, 6.45) is 0.609. The number of rotatable bonds is 7. The Morgan fingerprint density at radius 2 is 2.08 bits per heavy atom. The minimum atomic E-state index is -4.45. The first-order chi connectivity index (χ1) is 16.8. The van der Waals surface area contributed by atoms with Gasteiger partial charge < -0.3 is 10.1 Å². The number of ether oxygens (including phenoxy) is 1. The van der Waals surface area contributed by atoms with E-state index in [0.717, 1.165) is 36.6 Å². The van der Waals surface area contributed by atoms with E-state index in [1.165, 1.54) is 10.7 Å². The fourth-order valence-electron chi connectivity index (χ4n) is 5.10.